The molecule has 2 N–H and O–H groups in total. The molecule has 2 aliphatic rings. The van der Waals surface area contributed by atoms with Gasteiger partial charge < -0.3 is 20.3 Å². The first-order chi connectivity index (χ1) is 15.1. The van der Waals surface area contributed by atoms with Crippen LogP contribution in [0.15, 0.2) is 48.6 Å². The van der Waals surface area contributed by atoms with Crippen LogP contribution in [0.25, 0.3) is 0 Å². The van der Waals surface area contributed by atoms with E-state index in [2.05, 4.69) is 17.2 Å². The molecule has 172 valence electrons. The topological polar surface area (TPSA) is 100 Å². The third kappa shape index (κ3) is 5.47. The second-order valence-corrected chi connectivity index (χ2v) is 8.77. The molecule has 3 rings (SSSR count). The average Bonchev–Trinajstić information content (AvgIpc) is 2.95. The fraction of sp³-hybridized carbons (Fsp3) is 0.435. The first-order valence-corrected chi connectivity index (χ1v) is 10.5. The summed E-state index contributed by atoms with van der Waals surface area (Å²) in [6.45, 7) is 11.7. The molecule has 2 aliphatic heterocycles. The van der Waals surface area contributed by atoms with Crippen molar-refractivity contribution in [1.82, 2.24) is 15.3 Å². The molecule has 4 amide bonds. The van der Waals surface area contributed by atoms with E-state index in [0.29, 0.717) is 18.8 Å². The molecule has 1 fully saturated rings. The molecule has 0 spiro atoms. The van der Waals surface area contributed by atoms with Crippen molar-refractivity contribution in [1.29, 1.82) is 0 Å². The summed E-state index contributed by atoms with van der Waals surface area (Å²) >= 11 is 0. The van der Waals surface area contributed by atoms with Gasteiger partial charge in [0.25, 0.3) is 5.91 Å². The molecular weight excluding hydrogens is 412 g/mol. The third-order valence-electron chi connectivity index (χ3n) is 4.95. The highest BCUT2D eigenvalue weighted by Crippen LogP contribution is 2.30. The van der Waals surface area contributed by atoms with Crippen LogP contribution in [0.1, 0.15) is 33.3 Å². The zero-order valence-electron chi connectivity index (χ0n) is 18.9. The number of nitrogens with one attached hydrogen (secondary N) is 2. The lowest BCUT2D eigenvalue weighted by molar-refractivity contribution is -0.119. The monoisotopic (exact) mass is 442 g/mol. The van der Waals surface area contributed by atoms with E-state index in [1.807, 2.05) is 13.0 Å². The van der Waals surface area contributed by atoms with Crippen molar-refractivity contribution in [2.24, 2.45) is 0 Å². The van der Waals surface area contributed by atoms with Gasteiger partial charge in [-0.1, -0.05) is 24.3 Å². The van der Waals surface area contributed by atoms with Gasteiger partial charge in [0.15, 0.2) is 0 Å². The summed E-state index contributed by atoms with van der Waals surface area (Å²) in [6, 6.07) is 5.85. The average molecular weight is 443 g/mol. The Balaban J connectivity index is 1.58. The quantitative estimate of drug-likeness (QED) is 0.632. The lowest BCUT2D eigenvalue weighted by atomic mass is 10.00. The Kier molecular flexibility index (Phi) is 6.88. The number of urea groups is 1. The smallest absolute Gasteiger partial charge is 0.407 e. The highest BCUT2D eigenvalue weighted by Gasteiger charge is 2.47. The molecule has 9 heteroatoms. The highest BCUT2D eigenvalue weighted by atomic mass is 16.7. The molecule has 9 nitrogen and oxygen atoms in total. The number of hydrogen-bond acceptors (Lipinski definition) is 5. The van der Waals surface area contributed by atoms with Crippen LogP contribution < -0.4 is 10.6 Å². The number of amides is 4. The van der Waals surface area contributed by atoms with Crippen molar-refractivity contribution in [3.05, 3.63) is 54.1 Å². The number of nitrogens with zero attached hydrogens (tertiary/aromatic N) is 2. The number of rotatable bonds is 7. The van der Waals surface area contributed by atoms with E-state index < -0.39 is 17.7 Å². The molecule has 2 bridgehead atoms. The summed E-state index contributed by atoms with van der Waals surface area (Å²) in [5.41, 5.74) is 1.68. The van der Waals surface area contributed by atoms with Gasteiger partial charge in [-0.15, -0.1) is 6.58 Å². The van der Waals surface area contributed by atoms with Crippen molar-refractivity contribution < 1.29 is 24.0 Å². The Morgan fingerprint density at radius 3 is 2.56 bits per heavy atom. The normalized spacial score (nSPS) is 20.0. The fourth-order valence-electron chi connectivity index (χ4n) is 3.64. The number of hydrogen-bond donors (Lipinski definition) is 2. The maximum absolute atomic E-state index is 13.0. The molecule has 1 aromatic carbocycles. The first kappa shape index (κ1) is 23.3. The van der Waals surface area contributed by atoms with E-state index in [1.165, 1.54) is 9.96 Å². The minimum absolute atomic E-state index is 0.217. The van der Waals surface area contributed by atoms with Crippen LogP contribution in [-0.4, -0.2) is 58.8 Å². The summed E-state index contributed by atoms with van der Waals surface area (Å²) in [5, 5.41) is 6.85. The van der Waals surface area contributed by atoms with Crippen LogP contribution in [0.4, 0.5) is 15.3 Å². The molecule has 0 unspecified atom stereocenters. The third-order valence-corrected chi connectivity index (χ3v) is 4.95. The molecular formula is C23H30N4O5. The van der Waals surface area contributed by atoms with Crippen LogP contribution >= 0.6 is 0 Å². The Morgan fingerprint density at radius 1 is 1.25 bits per heavy atom. The summed E-state index contributed by atoms with van der Waals surface area (Å²) in [5.74, 6) is -0.296. The lowest BCUT2D eigenvalue weighted by Crippen LogP contribution is -2.47. The zero-order valence-corrected chi connectivity index (χ0v) is 18.9. The standard InChI is InChI=1S/C23H30N4O5/c1-6-11-31-27-18-12-15(2)19(26(14-18)22(27)30)20(28)25-17-9-7-16(8-10-17)13-24-21(29)32-23(3,4)5/h6-10,12,18-19H,1,11,13-14H2,2-5H3,(H,24,29)(H,25,28)/t18-,19+/m1/s1. The van der Waals surface area contributed by atoms with Crippen molar-refractivity contribution in [3.63, 3.8) is 0 Å². The van der Waals surface area contributed by atoms with E-state index >= 15 is 0 Å². The van der Waals surface area contributed by atoms with E-state index in [-0.39, 0.29) is 24.6 Å². The summed E-state index contributed by atoms with van der Waals surface area (Å²) < 4.78 is 5.21. The lowest BCUT2D eigenvalue weighted by Gasteiger charge is -2.29. The largest absolute Gasteiger partial charge is 0.444 e. The molecule has 0 saturated carbocycles. The maximum atomic E-state index is 13.0. The van der Waals surface area contributed by atoms with E-state index in [0.717, 1.165) is 11.1 Å². The number of anilines is 1. The molecule has 2 heterocycles. The van der Waals surface area contributed by atoms with Crippen LogP contribution in [0, 0.1) is 0 Å². The Morgan fingerprint density at radius 2 is 1.94 bits per heavy atom. The molecule has 1 aromatic rings. The SMILES string of the molecule is C=CCON1C(=O)N2C[C@H]1C=C(C)[C@H]2C(=O)Nc1ccc(CNC(=O)OC(C)(C)C)cc1. The Hall–Kier alpha value is -3.33. The Bertz CT molecular complexity index is 919. The van der Waals surface area contributed by atoms with Crippen LogP contribution in [0.2, 0.25) is 0 Å². The minimum atomic E-state index is -0.704. The van der Waals surface area contributed by atoms with Gasteiger partial charge >= 0.3 is 12.1 Å². The fourth-order valence-corrected chi connectivity index (χ4v) is 3.64. The zero-order chi connectivity index (χ0) is 23.5. The summed E-state index contributed by atoms with van der Waals surface area (Å²) in [7, 11) is 0. The molecule has 1 saturated heterocycles. The number of carbonyl (C=O) groups is 3. The molecule has 0 aromatic heterocycles. The van der Waals surface area contributed by atoms with Crippen molar-refractivity contribution >= 4 is 23.7 Å². The molecule has 2 atom stereocenters. The van der Waals surface area contributed by atoms with E-state index in [4.69, 9.17) is 9.57 Å². The maximum Gasteiger partial charge on any atom is 0.407 e. The number of ether oxygens (including phenoxy) is 1. The van der Waals surface area contributed by atoms with Gasteiger partial charge in [0.1, 0.15) is 11.6 Å². The predicted molar refractivity (Wildman–Crippen MR) is 120 cm³/mol. The Labute approximate surface area is 188 Å². The second-order valence-electron chi connectivity index (χ2n) is 8.77. The van der Waals surface area contributed by atoms with Gasteiger partial charge in [-0.3, -0.25) is 9.63 Å². The van der Waals surface area contributed by atoms with Gasteiger partial charge in [0.2, 0.25) is 0 Å². The van der Waals surface area contributed by atoms with Crippen LogP contribution in [-0.2, 0) is 20.9 Å². The van der Waals surface area contributed by atoms with E-state index in [9.17, 15) is 14.4 Å². The molecule has 0 radical (unpaired) electrons. The number of alkyl carbamates (subject to hydrolysis) is 1. The summed E-state index contributed by atoms with van der Waals surface area (Å²) in [6.07, 6.45) is 2.97. The predicted octanol–water partition coefficient (Wildman–Crippen LogP) is 3.20. The number of carbonyl (C=O) groups excluding carboxylic acids is 3. The van der Waals surface area contributed by atoms with Crippen LogP contribution in [0.3, 0.4) is 0 Å². The van der Waals surface area contributed by atoms with Crippen molar-refractivity contribution in [2.45, 2.75) is 51.9 Å². The van der Waals surface area contributed by atoms with Gasteiger partial charge in [-0.2, -0.15) is 5.06 Å². The van der Waals surface area contributed by atoms with Gasteiger partial charge in [0.05, 0.1) is 19.2 Å². The second kappa shape index (κ2) is 9.44. The van der Waals surface area contributed by atoms with Crippen molar-refractivity contribution in [2.75, 3.05) is 18.5 Å². The number of hydroxylamine groups is 2. The first-order valence-electron chi connectivity index (χ1n) is 10.5. The summed E-state index contributed by atoms with van der Waals surface area (Å²) in [4.78, 5) is 44.4. The molecule has 0 aliphatic carbocycles. The van der Waals surface area contributed by atoms with Gasteiger partial charge in [-0.25, -0.2) is 9.59 Å². The van der Waals surface area contributed by atoms with Gasteiger partial charge in [-0.05, 0) is 51.0 Å². The molecule has 32 heavy (non-hydrogen) atoms. The number of fused-ring (bicyclic) bond motifs is 2. The van der Waals surface area contributed by atoms with Crippen LogP contribution in [0.5, 0.6) is 0 Å². The van der Waals surface area contributed by atoms with Crippen molar-refractivity contribution in [3.8, 4) is 0 Å². The van der Waals surface area contributed by atoms with Gasteiger partial charge in [0, 0.05) is 12.2 Å². The highest BCUT2D eigenvalue weighted by molar-refractivity contribution is 6.00. The minimum Gasteiger partial charge on any atom is -0.444 e. The number of benzene rings is 1. The van der Waals surface area contributed by atoms with E-state index in [1.54, 1.807) is 51.1 Å².